The summed E-state index contributed by atoms with van der Waals surface area (Å²) >= 11 is 1.37. The van der Waals surface area contributed by atoms with Crippen LogP contribution in [0.15, 0.2) is 48.6 Å². The molecule has 4 heteroatoms. The van der Waals surface area contributed by atoms with Crippen LogP contribution in [0.2, 0.25) is 0 Å². The molecule has 0 aromatic heterocycles. The van der Waals surface area contributed by atoms with Crippen molar-refractivity contribution in [1.82, 2.24) is 0 Å². The van der Waals surface area contributed by atoms with Crippen LogP contribution in [-0.4, -0.2) is 16.8 Å². The Kier molecular flexibility index (Phi) is 5.19. The van der Waals surface area contributed by atoms with Crippen LogP contribution in [0.4, 0.5) is 0 Å². The van der Waals surface area contributed by atoms with E-state index in [1.54, 1.807) is 0 Å². The summed E-state index contributed by atoms with van der Waals surface area (Å²) in [5.74, 6) is 0.632. The molecule has 1 aromatic rings. The van der Waals surface area contributed by atoms with Gasteiger partial charge in [-0.1, -0.05) is 62.0 Å². The fraction of sp³-hybridized carbons (Fsp3) is 0.429. The van der Waals surface area contributed by atoms with Gasteiger partial charge in [-0.05, 0) is 35.3 Å². The summed E-state index contributed by atoms with van der Waals surface area (Å²) in [6.45, 7) is 8.17. The zero-order valence-corrected chi connectivity index (χ0v) is 15.6. The van der Waals surface area contributed by atoms with Crippen molar-refractivity contribution in [2.24, 2.45) is 17.3 Å². The molecule has 0 radical (unpaired) electrons. The number of allylic oxidation sites excluding steroid dienone is 2. The third-order valence-electron chi connectivity index (χ3n) is 5.16. The molecule has 0 bridgehead atoms. The maximum absolute atomic E-state index is 12.5. The van der Waals surface area contributed by atoms with Crippen LogP contribution >= 0.6 is 11.8 Å². The maximum atomic E-state index is 12.5. The number of hydrogen-bond acceptors (Lipinski definition) is 4. The van der Waals surface area contributed by atoms with Crippen molar-refractivity contribution in [3.8, 4) is 0 Å². The number of thioether (sulfide) groups is 1. The molecule has 2 aliphatic rings. The smallest absolute Gasteiger partial charge is 0.310 e. The predicted octanol–water partition coefficient (Wildman–Crippen LogP) is 4.32. The molecule has 3 rings (SSSR count). The number of benzene rings is 1. The summed E-state index contributed by atoms with van der Waals surface area (Å²) in [4.78, 5) is 24.3. The molecule has 0 amide bonds. The van der Waals surface area contributed by atoms with Crippen LogP contribution in [0.1, 0.15) is 31.4 Å². The van der Waals surface area contributed by atoms with E-state index < -0.39 is 0 Å². The highest BCUT2D eigenvalue weighted by molar-refractivity contribution is 8.14. The van der Waals surface area contributed by atoms with Gasteiger partial charge in [0, 0.05) is 11.3 Å². The summed E-state index contributed by atoms with van der Waals surface area (Å²) < 4.78 is 5.56. The van der Waals surface area contributed by atoms with Gasteiger partial charge in [-0.2, -0.15) is 0 Å². The van der Waals surface area contributed by atoms with E-state index in [0.29, 0.717) is 0 Å². The van der Waals surface area contributed by atoms with E-state index in [2.05, 4.69) is 20.4 Å². The average molecular weight is 356 g/mol. The van der Waals surface area contributed by atoms with Crippen LogP contribution in [0, 0.1) is 17.3 Å². The first-order chi connectivity index (χ1) is 11.9. The second-order valence-electron chi connectivity index (χ2n) is 7.32. The first-order valence-corrected chi connectivity index (χ1v) is 9.65. The van der Waals surface area contributed by atoms with Gasteiger partial charge in [0.05, 0.1) is 5.92 Å². The second-order valence-corrected chi connectivity index (χ2v) is 8.39. The van der Waals surface area contributed by atoms with Gasteiger partial charge in [0.25, 0.3) is 0 Å². The lowest BCUT2D eigenvalue weighted by Crippen LogP contribution is -2.10. The van der Waals surface area contributed by atoms with Crippen LogP contribution in [0.5, 0.6) is 0 Å². The Balaban J connectivity index is 1.61. The molecule has 2 fully saturated rings. The minimum Gasteiger partial charge on any atom is -0.461 e. The van der Waals surface area contributed by atoms with Crippen LogP contribution < -0.4 is 0 Å². The number of rotatable bonds is 6. The van der Waals surface area contributed by atoms with Crippen molar-refractivity contribution >= 4 is 22.8 Å². The predicted molar refractivity (Wildman–Crippen MR) is 101 cm³/mol. The minimum atomic E-state index is -0.168. The van der Waals surface area contributed by atoms with E-state index >= 15 is 0 Å². The lowest BCUT2D eigenvalue weighted by Gasteiger charge is -2.07. The first-order valence-electron chi connectivity index (χ1n) is 8.66. The molecule has 0 N–H and O–H groups in total. The quantitative estimate of drug-likeness (QED) is 0.432. The van der Waals surface area contributed by atoms with E-state index in [9.17, 15) is 9.59 Å². The van der Waals surface area contributed by atoms with Crippen molar-refractivity contribution < 1.29 is 14.3 Å². The number of carbonyl (C=O) groups is 2. The number of carbonyl (C=O) groups excluding carboxylic acids is 2. The van der Waals surface area contributed by atoms with Gasteiger partial charge >= 0.3 is 5.97 Å². The average Bonchev–Trinajstić information content (AvgIpc) is 2.88. The van der Waals surface area contributed by atoms with Gasteiger partial charge in [-0.3, -0.25) is 9.59 Å². The highest BCUT2D eigenvalue weighted by Crippen LogP contribution is 2.60. The Morgan fingerprint density at radius 2 is 2.16 bits per heavy atom. The third kappa shape index (κ3) is 3.90. The van der Waals surface area contributed by atoms with Crippen molar-refractivity contribution in [3.63, 3.8) is 0 Å². The van der Waals surface area contributed by atoms with Crippen LogP contribution in [-0.2, 0) is 27.4 Å². The molecule has 1 saturated carbocycles. The van der Waals surface area contributed by atoms with E-state index in [1.807, 2.05) is 36.4 Å². The van der Waals surface area contributed by atoms with Gasteiger partial charge in [0.15, 0.2) is 0 Å². The van der Waals surface area contributed by atoms with Crippen LogP contribution in [0.3, 0.4) is 0 Å². The molecule has 1 aliphatic carbocycles. The molecular formula is C21H24O3S. The van der Waals surface area contributed by atoms with Gasteiger partial charge in [0.1, 0.15) is 6.61 Å². The van der Waals surface area contributed by atoms with Crippen molar-refractivity contribution in [2.45, 2.75) is 33.3 Å². The van der Waals surface area contributed by atoms with E-state index in [1.165, 1.54) is 11.8 Å². The molecule has 2 unspecified atom stereocenters. The van der Waals surface area contributed by atoms with Gasteiger partial charge in [-0.25, -0.2) is 0 Å². The largest absolute Gasteiger partial charge is 0.461 e. The Morgan fingerprint density at radius 1 is 1.40 bits per heavy atom. The Labute approximate surface area is 153 Å². The van der Waals surface area contributed by atoms with Gasteiger partial charge in [0.2, 0.25) is 5.12 Å². The molecule has 3 nitrogen and oxygen atoms in total. The van der Waals surface area contributed by atoms with E-state index in [-0.39, 0.29) is 34.9 Å². The first kappa shape index (κ1) is 18.0. The molecular weight excluding hydrogens is 332 g/mol. The highest BCUT2D eigenvalue weighted by atomic mass is 32.2. The molecule has 1 aliphatic heterocycles. The monoisotopic (exact) mass is 356 g/mol. The number of ether oxygens (including phenoxy) is 1. The summed E-state index contributed by atoms with van der Waals surface area (Å²) in [7, 11) is 0. The summed E-state index contributed by atoms with van der Waals surface area (Å²) in [5, 5.41) is 0.161. The van der Waals surface area contributed by atoms with Crippen molar-refractivity contribution in [3.05, 3.63) is 59.7 Å². The fourth-order valence-electron chi connectivity index (χ4n) is 3.51. The summed E-state index contributed by atoms with van der Waals surface area (Å²) in [6.07, 6.45) is 5.49. The lowest BCUT2D eigenvalue weighted by atomic mass is 10.1. The van der Waals surface area contributed by atoms with Crippen LogP contribution in [0.25, 0.3) is 0 Å². The van der Waals surface area contributed by atoms with E-state index in [0.717, 1.165) is 35.3 Å². The van der Waals surface area contributed by atoms with Crippen molar-refractivity contribution in [1.29, 1.82) is 0 Å². The molecule has 1 heterocycles. The zero-order chi connectivity index (χ0) is 18.0. The molecule has 132 valence electrons. The summed E-state index contributed by atoms with van der Waals surface area (Å²) in [6, 6.07) is 8.02. The lowest BCUT2D eigenvalue weighted by molar-refractivity contribution is -0.147. The standard InChI is InChI=1S/C21H24O3S/c1-4-6-14-7-5-8-15(11-14)13-24-19(22)18-17(21(18,2)3)12-16-9-10-25-20(16)23/h4-5,7-8,11-12,17-18H,1,6,9-10,13H2,2-3H3/b16-12+. The number of hydrogen-bond donors (Lipinski definition) is 0. The van der Waals surface area contributed by atoms with Gasteiger partial charge in [-0.15, -0.1) is 6.58 Å². The maximum Gasteiger partial charge on any atom is 0.310 e. The third-order valence-corrected chi connectivity index (χ3v) is 6.10. The molecule has 1 aromatic carbocycles. The fourth-order valence-corrected chi connectivity index (χ4v) is 4.38. The topological polar surface area (TPSA) is 43.4 Å². The normalized spacial score (nSPS) is 25.8. The molecule has 1 saturated heterocycles. The van der Waals surface area contributed by atoms with E-state index in [4.69, 9.17) is 4.74 Å². The molecule has 2 atom stereocenters. The van der Waals surface area contributed by atoms with Gasteiger partial charge < -0.3 is 4.74 Å². The van der Waals surface area contributed by atoms with Crippen molar-refractivity contribution in [2.75, 3.05) is 5.75 Å². The summed E-state index contributed by atoms with van der Waals surface area (Å²) in [5.41, 5.74) is 2.89. The highest BCUT2D eigenvalue weighted by Gasteiger charge is 2.61. The number of esters is 1. The molecule has 0 spiro atoms. The zero-order valence-electron chi connectivity index (χ0n) is 14.8. The Bertz CT molecular complexity index is 732. The SMILES string of the molecule is C=CCc1cccc(COC(=O)C2C(/C=C3\CCSC3=O)C2(C)C)c1. The Morgan fingerprint density at radius 3 is 2.84 bits per heavy atom. The molecule has 25 heavy (non-hydrogen) atoms. The second kappa shape index (κ2) is 7.20. The Hall–Kier alpha value is -1.81. The minimum absolute atomic E-state index is 0.102.